The molecular weight excluding hydrogens is 737 g/mol. The van der Waals surface area contributed by atoms with Gasteiger partial charge in [-0.2, -0.15) is 0 Å². The predicted molar refractivity (Wildman–Crippen MR) is 234 cm³/mol. The quantitative estimate of drug-likeness (QED) is 0.0232. The van der Waals surface area contributed by atoms with E-state index in [0.717, 1.165) is 38.5 Å². The summed E-state index contributed by atoms with van der Waals surface area (Å²) in [6, 6.07) is 0. The van der Waals surface area contributed by atoms with Crippen molar-refractivity contribution in [3.8, 4) is 0 Å². The molecule has 0 aromatic carbocycles. The molecule has 10 nitrogen and oxygen atoms in total. The number of aliphatic hydroxyl groups excluding tert-OH is 7. The molecule has 0 unspecified atom stereocenters. The third-order valence-electron chi connectivity index (χ3n) is 12.1. The summed E-state index contributed by atoms with van der Waals surface area (Å²) in [5, 5.41) is 73.3. The van der Waals surface area contributed by atoms with Gasteiger partial charge in [0.2, 0.25) is 0 Å². The maximum atomic E-state index is 13.5. The molecule has 0 aromatic heterocycles. The summed E-state index contributed by atoms with van der Waals surface area (Å²) in [6.07, 6.45) is 29.4. The third kappa shape index (κ3) is 26.4. The van der Waals surface area contributed by atoms with E-state index in [-0.39, 0.29) is 12.8 Å². The number of hydrogen-bond donors (Lipinski definition) is 7. The third-order valence-corrected chi connectivity index (χ3v) is 12.1. The van der Waals surface area contributed by atoms with Crippen LogP contribution in [0.25, 0.3) is 0 Å². The predicted octanol–water partition coefficient (Wildman–Crippen LogP) is 9.15. The molecule has 1 aliphatic heterocycles. The lowest BCUT2D eigenvalue weighted by molar-refractivity contribution is -0.304. The topological polar surface area (TPSA) is 177 Å². The molecule has 10 heteroatoms. The zero-order valence-electron chi connectivity index (χ0n) is 37.2. The molecular formula is C48H92O10. The number of unbranched alkanes of at least 4 members (excludes halogenated alkanes) is 27. The Morgan fingerprint density at radius 1 is 0.552 bits per heavy atom. The van der Waals surface area contributed by atoms with E-state index in [9.17, 15) is 40.5 Å². The number of allylic oxidation sites excluding steroid dienone is 2. The van der Waals surface area contributed by atoms with Crippen molar-refractivity contribution in [1.29, 1.82) is 0 Å². The van der Waals surface area contributed by atoms with Crippen molar-refractivity contribution < 1.29 is 50.0 Å². The van der Waals surface area contributed by atoms with Crippen molar-refractivity contribution in [2.45, 2.75) is 268 Å². The first-order valence-electron chi connectivity index (χ1n) is 24.3. The first kappa shape index (κ1) is 55.1. The number of Topliss-reactive ketones (excluding diaryl/α,β-unsaturated/α-hetero) is 1. The van der Waals surface area contributed by atoms with E-state index in [1.807, 2.05) is 0 Å². The Hall–Kier alpha value is -0.950. The molecule has 1 saturated heterocycles. The largest absolute Gasteiger partial charge is 0.394 e. The molecule has 7 N–H and O–H groups in total. The van der Waals surface area contributed by atoms with Gasteiger partial charge in [-0.05, 0) is 38.5 Å². The lowest BCUT2D eigenvalue weighted by Gasteiger charge is -2.40. The highest BCUT2D eigenvalue weighted by molar-refractivity contribution is 5.85. The van der Waals surface area contributed by atoms with E-state index in [2.05, 4.69) is 26.0 Å². The number of carbonyl (C=O) groups excluding carboxylic acids is 1. The van der Waals surface area contributed by atoms with E-state index in [1.54, 1.807) is 0 Å². The van der Waals surface area contributed by atoms with Gasteiger partial charge in [0.25, 0.3) is 0 Å². The Bertz CT molecular complexity index is 947. The maximum Gasteiger partial charge on any atom is 0.186 e. The van der Waals surface area contributed by atoms with Crippen molar-refractivity contribution in [3.63, 3.8) is 0 Å². The Balaban J connectivity index is 2.42. The standard InChI is InChI=1S/C48H92O10/c1-3-5-7-9-11-13-15-17-18-19-20-21-22-23-24-26-28-30-32-34-36-41(51)44(53)39(38-57-48-47(56)46(55)45(54)42(37-49)58-48)43(52)40(50)35-33-31-29-27-25-16-14-12-10-8-6-4-2/h27,29,39-43,45-52,54-56H,3-26,28,30-38H2,1-2H3/t39-,40+,41+,42+,43-,45+,46-,47+,48+/m0/s1. The van der Waals surface area contributed by atoms with Gasteiger partial charge in [-0.1, -0.05) is 193 Å². The van der Waals surface area contributed by atoms with Crippen molar-refractivity contribution >= 4 is 5.78 Å². The van der Waals surface area contributed by atoms with E-state index >= 15 is 0 Å². The second kappa shape index (κ2) is 37.8. The summed E-state index contributed by atoms with van der Waals surface area (Å²) >= 11 is 0. The highest BCUT2D eigenvalue weighted by atomic mass is 16.7. The Kier molecular flexibility index (Phi) is 35.9. The number of rotatable bonds is 41. The maximum absolute atomic E-state index is 13.5. The number of carbonyl (C=O) groups is 1. The lowest BCUT2D eigenvalue weighted by Crippen LogP contribution is -2.59. The smallest absolute Gasteiger partial charge is 0.186 e. The van der Waals surface area contributed by atoms with Crippen LogP contribution in [0.1, 0.15) is 219 Å². The summed E-state index contributed by atoms with van der Waals surface area (Å²) in [6.45, 7) is 3.35. The Morgan fingerprint density at radius 2 is 0.966 bits per heavy atom. The van der Waals surface area contributed by atoms with E-state index in [4.69, 9.17) is 9.47 Å². The second-order valence-corrected chi connectivity index (χ2v) is 17.4. The van der Waals surface area contributed by atoms with Crippen LogP contribution in [-0.4, -0.2) is 104 Å². The molecule has 0 aliphatic carbocycles. The number of ketones is 1. The molecule has 1 rings (SSSR count). The van der Waals surface area contributed by atoms with Gasteiger partial charge in [-0.3, -0.25) is 4.79 Å². The molecule has 0 bridgehead atoms. The fourth-order valence-electron chi connectivity index (χ4n) is 8.07. The Morgan fingerprint density at radius 3 is 1.41 bits per heavy atom. The summed E-state index contributed by atoms with van der Waals surface area (Å²) < 4.78 is 11.1. The van der Waals surface area contributed by atoms with Crippen LogP contribution in [0.3, 0.4) is 0 Å². The average Bonchev–Trinajstić information content (AvgIpc) is 3.22. The lowest BCUT2D eigenvalue weighted by atomic mass is 9.88. The molecule has 0 aromatic rings. The van der Waals surface area contributed by atoms with Crippen molar-refractivity contribution in [2.75, 3.05) is 13.2 Å². The van der Waals surface area contributed by atoms with Crippen molar-refractivity contribution in [2.24, 2.45) is 5.92 Å². The van der Waals surface area contributed by atoms with Crippen molar-refractivity contribution in [1.82, 2.24) is 0 Å². The van der Waals surface area contributed by atoms with Gasteiger partial charge in [0.15, 0.2) is 12.1 Å². The minimum atomic E-state index is -1.68. The molecule has 1 heterocycles. The van der Waals surface area contributed by atoms with E-state index in [1.165, 1.54) is 141 Å². The van der Waals surface area contributed by atoms with Crippen LogP contribution < -0.4 is 0 Å². The number of ether oxygens (including phenoxy) is 2. The van der Waals surface area contributed by atoms with Crippen LogP contribution in [0.4, 0.5) is 0 Å². The van der Waals surface area contributed by atoms with Crippen LogP contribution in [-0.2, 0) is 14.3 Å². The molecule has 344 valence electrons. The van der Waals surface area contributed by atoms with Gasteiger partial charge in [-0.15, -0.1) is 0 Å². The van der Waals surface area contributed by atoms with Crippen LogP contribution in [0.2, 0.25) is 0 Å². The number of aliphatic hydroxyl groups is 7. The van der Waals surface area contributed by atoms with E-state index in [0.29, 0.717) is 12.8 Å². The monoisotopic (exact) mass is 829 g/mol. The highest BCUT2D eigenvalue weighted by Crippen LogP contribution is 2.25. The fraction of sp³-hybridized carbons (Fsp3) is 0.938. The second-order valence-electron chi connectivity index (χ2n) is 17.4. The highest BCUT2D eigenvalue weighted by Gasteiger charge is 2.45. The molecule has 0 spiro atoms. The van der Waals surface area contributed by atoms with Crippen LogP contribution in [0, 0.1) is 5.92 Å². The first-order chi connectivity index (χ1) is 28.2. The summed E-state index contributed by atoms with van der Waals surface area (Å²) in [4.78, 5) is 13.5. The normalized spacial score (nSPS) is 22.1. The van der Waals surface area contributed by atoms with Crippen molar-refractivity contribution in [3.05, 3.63) is 12.2 Å². The van der Waals surface area contributed by atoms with Gasteiger partial charge >= 0.3 is 0 Å². The Labute approximate surface area is 354 Å². The zero-order valence-corrected chi connectivity index (χ0v) is 37.2. The zero-order chi connectivity index (χ0) is 42.6. The SMILES string of the molecule is CCCCCCCCCC=CCCC[C@@H](O)[C@@H](O)[C@H](CO[C@@H]1O[C@H](CO)[C@@H](O)[C@H](O)[C@H]1O)C(=O)[C@H](O)CCCCCCCCCCCCCCCCCCCCCC. The molecule has 1 aliphatic rings. The first-order valence-corrected chi connectivity index (χ1v) is 24.3. The molecule has 0 saturated carbocycles. The molecule has 58 heavy (non-hydrogen) atoms. The van der Waals surface area contributed by atoms with Gasteiger partial charge in [0.05, 0.1) is 31.3 Å². The molecule has 0 radical (unpaired) electrons. The molecule has 1 fully saturated rings. The van der Waals surface area contributed by atoms with Gasteiger partial charge in [0, 0.05) is 0 Å². The average molecular weight is 829 g/mol. The molecule has 0 amide bonds. The fourth-order valence-corrected chi connectivity index (χ4v) is 8.07. The number of hydrogen-bond acceptors (Lipinski definition) is 10. The van der Waals surface area contributed by atoms with Crippen LogP contribution >= 0.6 is 0 Å². The minimum Gasteiger partial charge on any atom is -0.394 e. The van der Waals surface area contributed by atoms with E-state index < -0.39 is 73.9 Å². The summed E-state index contributed by atoms with van der Waals surface area (Å²) in [7, 11) is 0. The summed E-state index contributed by atoms with van der Waals surface area (Å²) in [5.74, 6) is -1.99. The minimum absolute atomic E-state index is 0.223. The van der Waals surface area contributed by atoms with Gasteiger partial charge in [0.1, 0.15) is 30.5 Å². The van der Waals surface area contributed by atoms with Crippen LogP contribution in [0.15, 0.2) is 12.2 Å². The van der Waals surface area contributed by atoms with Crippen LogP contribution in [0.5, 0.6) is 0 Å². The molecule has 9 atom stereocenters. The van der Waals surface area contributed by atoms with Gasteiger partial charge < -0.3 is 45.2 Å². The van der Waals surface area contributed by atoms with Gasteiger partial charge in [-0.25, -0.2) is 0 Å². The summed E-state index contributed by atoms with van der Waals surface area (Å²) in [5.41, 5.74) is 0.